The van der Waals surface area contributed by atoms with Crippen molar-refractivity contribution in [1.82, 2.24) is 10.6 Å². The highest BCUT2D eigenvalue weighted by molar-refractivity contribution is 5.95. The van der Waals surface area contributed by atoms with Gasteiger partial charge in [0, 0.05) is 24.6 Å². The molecule has 0 saturated carbocycles. The molecule has 0 unspecified atom stereocenters. The first-order valence-corrected chi connectivity index (χ1v) is 8.63. The van der Waals surface area contributed by atoms with Gasteiger partial charge in [0.15, 0.2) is 11.5 Å². The van der Waals surface area contributed by atoms with Crippen LogP contribution in [0.1, 0.15) is 23.2 Å². The average molecular weight is 350 g/mol. The van der Waals surface area contributed by atoms with Crippen LogP contribution in [-0.2, 0) is 4.74 Å². The Balaban J connectivity index is 1.72. The number of rotatable bonds is 6. The summed E-state index contributed by atoms with van der Waals surface area (Å²) >= 11 is 0. The molecule has 2 heterocycles. The molecule has 1 fully saturated rings. The third-order valence-electron chi connectivity index (χ3n) is 4.83. The zero-order valence-electron chi connectivity index (χ0n) is 14.9. The van der Waals surface area contributed by atoms with E-state index in [-0.39, 0.29) is 11.3 Å². The Bertz CT molecular complexity index is 591. The summed E-state index contributed by atoms with van der Waals surface area (Å²) < 4.78 is 21.9. The van der Waals surface area contributed by atoms with Crippen LogP contribution in [0.4, 0.5) is 0 Å². The van der Waals surface area contributed by atoms with Gasteiger partial charge in [-0.2, -0.15) is 0 Å². The van der Waals surface area contributed by atoms with E-state index in [9.17, 15) is 4.79 Å². The Morgan fingerprint density at radius 1 is 1.24 bits per heavy atom. The van der Waals surface area contributed by atoms with Crippen LogP contribution >= 0.6 is 0 Å². The molecule has 1 amide bonds. The first kappa shape index (κ1) is 17.8. The number of nitrogens with one attached hydrogen (secondary N) is 2. The number of ether oxygens (including phenoxy) is 4. The SMILES string of the molecule is COCC1(CNC(=O)c2cc(OC)c3c(c2)OCCO3)CCNCC1. The van der Waals surface area contributed by atoms with E-state index < -0.39 is 0 Å². The second-order valence-electron chi connectivity index (χ2n) is 6.57. The van der Waals surface area contributed by atoms with Crippen LogP contribution in [0.25, 0.3) is 0 Å². The highest BCUT2D eigenvalue weighted by Gasteiger charge is 2.33. The van der Waals surface area contributed by atoms with Gasteiger partial charge in [0.1, 0.15) is 13.2 Å². The molecule has 7 heteroatoms. The minimum atomic E-state index is -0.149. The van der Waals surface area contributed by atoms with E-state index in [1.165, 1.54) is 0 Å². The monoisotopic (exact) mass is 350 g/mol. The number of methoxy groups -OCH3 is 2. The summed E-state index contributed by atoms with van der Waals surface area (Å²) in [6.45, 7) is 4.04. The van der Waals surface area contributed by atoms with Crippen molar-refractivity contribution < 1.29 is 23.7 Å². The summed E-state index contributed by atoms with van der Waals surface area (Å²) in [7, 11) is 3.26. The third kappa shape index (κ3) is 3.99. The van der Waals surface area contributed by atoms with E-state index in [4.69, 9.17) is 18.9 Å². The maximum Gasteiger partial charge on any atom is 0.251 e. The Kier molecular flexibility index (Phi) is 5.65. The molecule has 25 heavy (non-hydrogen) atoms. The molecule has 2 aliphatic heterocycles. The number of carbonyl (C=O) groups is 1. The Labute approximate surface area is 148 Å². The Hall–Kier alpha value is -1.99. The zero-order chi connectivity index (χ0) is 17.7. The van der Waals surface area contributed by atoms with Crippen LogP contribution in [0.2, 0.25) is 0 Å². The van der Waals surface area contributed by atoms with E-state index >= 15 is 0 Å². The van der Waals surface area contributed by atoms with E-state index in [0.717, 1.165) is 25.9 Å². The standard InChI is InChI=1S/C18H26N2O5/c1-22-12-18(3-5-19-6-4-18)11-20-17(21)13-9-14(23-2)16-15(10-13)24-7-8-25-16/h9-10,19H,3-8,11-12H2,1-2H3,(H,20,21). The van der Waals surface area contributed by atoms with E-state index in [1.54, 1.807) is 26.4 Å². The summed E-state index contributed by atoms with van der Waals surface area (Å²) in [5.74, 6) is 1.46. The summed E-state index contributed by atoms with van der Waals surface area (Å²) in [5.41, 5.74) is 0.482. The molecular weight excluding hydrogens is 324 g/mol. The van der Waals surface area contributed by atoms with Gasteiger partial charge >= 0.3 is 0 Å². The van der Waals surface area contributed by atoms with Crippen molar-refractivity contribution in [3.8, 4) is 17.2 Å². The first-order chi connectivity index (χ1) is 12.2. The van der Waals surface area contributed by atoms with Gasteiger partial charge < -0.3 is 29.6 Å². The number of amides is 1. The van der Waals surface area contributed by atoms with Crippen LogP contribution in [0.3, 0.4) is 0 Å². The summed E-state index contributed by atoms with van der Waals surface area (Å²) in [5, 5.41) is 6.41. The number of benzene rings is 1. The maximum atomic E-state index is 12.7. The molecule has 3 rings (SSSR count). The highest BCUT2D eigenvalue weighted by Crippen LogP contribution is 2.40. The molecule has 138 valence electrons. The molecule has 7 nitrogen and oxygen atoms in total. The molecule has 1 aromatic rings. The number of hydrogen-bond donors (Lipinski definition) is 2. The predicted octanol–water partition coefficient (Wildman–Crippen LogP) is 1.21. The van der Waals surface area contributed by atoms with E-state index in [0.29, 0.717) is 49.2 Å². The van der Waals surface area contributed by atoms with E-state index in [1.807, 2.05) is 0 Å². The summed E-state index contributed by atoms with van der Waals surface area (Å²) in [6.07, 6.45) is 1.96. The topological polar surface area (TPSA) is 78.1 Å². The van der Waals surface area contributed by atoms with E-state index in [2.05, 4.69) is 10.6 Å². The maximum absolute atomic E-state index is 12.7. The lowest BCUT2D eigenvalue weighted by molar-refractivity contribution is 0.0511. The van der Waals surface area contributed by atoms with Crippen LogP contribution in [0.15, 0.2) is 12.1 Å². The van der Waals surface area contributed by atoms with Crippen LogP contribution in [0, 0.1) is 5.41 Å². The van der Waals surface area contributed by atoms with Crippen LogP contribution < -0.4 is 24.8 Å². The van der Waals surface area contributed by atoms with Crippen molar-refractivity contribution in [2.24, 2.45) is 5.41 Å². The first-order valence-electron chi connectivity index (χ1n) is 8.63. The normalized spacial score (nSPS) is 18.5. The van der Waals surface area contributed by atoms with Crippen molar-refractivity contribution in [2.45, 2.75) is 12.8 Å². The quantitative estimate of drug-likeness (QED) is 0.803. The van der Waals surface area contributed by atoms with Gasteiger partial charge in [-0.1, -0.05) is 0 Å². The minimum absolute atomic E-state index is 0.0203. The van der Waals surface area contributed by atoms with Crippen molar-refractivity contribution in [3.05, 3.63) is 17.7 Å². The zero-order valence-corrected chi connectivity index (χ0v) is 14.9. The van der Waals surface area contributed by atoms with Gasteiger partial charge in [-0.25, -0.2) is 0 Å². The van der Waals surface area contributed by atoms with Crippen LogP contribution in [0.5, 0.6) is 17.2 Å². The summed E-state index contributed by atoms with van der Waals surface area (Å²) in [4.78, 5) is 12.7. The summed E-state index contributed by atoms with van der Waals surface area (Å²) in [6, 6.07) is 3.39. The molecule has 0 spiro atoms. The second kappa shape index (κ2) is 7.93. The second-order valence-corrected chi connectivity index (χ2v) is 6.57. The minimum Gasteiger partial charge on any atom is -0.493 e. The molecule has 0 aliphatic carbocycles. The Morgan fingerprint density at radius 2 is 2.00 bits per heavy atom. The number of carbonyl (C=O) groups excluding carboxylic acids is 1. The lowest BCUT2D eigenvalue weighted by Crippen LogP contribution is -2.47. The highest BCUT2D eigenvalue weighted by atomic mass is 16.6. The van der Waals surface area contributed by atoms with Gasteiger partial charge in [0.05, 0.1) is 13.7 Å². The molecule has 2 aliphatic rings. The van der Waals surface area contributed by atoms with Crippen molar-refractivity contribution in [2.75, 3.05) is 53.7 Å². The molecule has 1 saturated heterocycles. The molecule has 0 aromatic heterocycles. The lowest BCUT2D eigenvalue weighted by Gasteiger charge is -2.37. The van der Waals surface area contributed by atoms with Gasteiger partial charge in [0.2, 0.25) is 5.75 Å². The van der Waals surface area contributed by atoms with Crippen molar-refractivity contribution in [3.63, 3.8) is 0 Å². The van der Waals surface area contributed by atoms with Gasteiger partial charge in [-0.05, 0) is 38.1 Å². The molecular formula is C18H26N2O5. The molecule has 0 bridgehead atoms. The average Bonchev–Trinajstić information content (AvgIpc) is 2.66. The van der Waals surface area contributed by atoms with Crippen LogP contribution in [-0.4, -0.2) is 59.6 Å². The number of piperidine rings is 1. The fourth-order valence-corrected chi connectivity index (χ4v) is 3.41. The predicted molar refractivity (Wildman–Crippen MR) is 92.7 cm³/mol. The fraction of sp³-hybridized carbons (Fsp3) is 0.611. The number of fused-ring (bicyclic) bond motifs is 1. The molecule has 2 N–H and O–H groups in total. The van der Waals surface area contributed by atoms with Crippen molar-refractivity contribution in [1.29, 1.82) is 0 Å². The van der Waals surface area contributed by atoms with Gasteiger partial charge in [0.25, 0.3) is 5.91 Å². The molecule has 1 aromatic carbocycles. The third-order valence-corrected chi connectivity index (χ3v) is 4.83. The van der Waals surface area contributed by atoms with Gasteiger partial charge in [-0.15, -0.1) is 0 Å². The lowest BCUT2D eigenvalue weighted by atomic mass is 9.79. The largest absolute Gasteiger partial charge is 0.493 e. The fourth-order valence-electron chi connectivity index (χ4n) is 3.41. The van der Waals surface area contributed by atoms with Gasteiger partial charge in [-0.3, -0.25) is 4.79 Å². The molecule has 0 atom stereocenters. The molecule has 0 radical (unpaired) electrons. The van der Waals surface area contributed by atoms with Crippen molar-refractivity contribution >= 4 is 5.91 Å². The Morgan fingerprint density at radius 3 is 2.72 bits per heavy atom. The smallest absolute Gasteiger partial charge is 0.251 e. The number of hydrogen-bond acceptors (Lipinski definition) is 6.